The predicted molar refractivity (Wildman–Crippen MR) is 81.6 cm³/mol. The third-order valence-corrected chi connectivity index (χ3v) is 2.79. The van der Waals surface area contributed by atoms with Crippen LogP contribution in [-0.4, -0.2) is 32.5 Å². The maximum Gasteiger partial charge on any atom is 0.146 e. The van der Waals surface area contributed by atoms with E-state index in [1.54, 1.807) is 45.9 Å². The molecule has 21 heavy (non-hydrogen) atoms. The molecule has 1 N–H and O–H groups in total. The largest absolute Gasteiger partial charge is 0.496 e. The number of nitrogens with zero attached hydrogens (tertiary/aromatic N) is 2. The molecule has 1 heterocycles. The van der Waals surface area contributed by atoms with Crippen LogP contribution in [0.15, 0.2) is 41.6 Å². The first kappa shape index (κ1) is 14.6. The second kappa shape index (κ2) is 7.14. The number of anilines is 1. The first-order valence-corrected chi connectivity index (χ1v) is 6.28. The van der Waals surface area contributed by atoms with Crippen molar-refractivity contribution in [1.29, 1.82) is 0 Å². The lowest BCUT2D eigenvalue weighted by molar-refractivity contribution is 0.374. The zero-order valence-electron chi connectivity index (χ0n) is 12.2. The lowest BCUT2D eigenvalue weighted by atomic mass is 10.2. The fourth-order valence-corrected chi connectivity index (χ4v) is 1.75. The van der Waals surface area contributed by atoms with Crippen molar-refractivity contribution in [3.8, 4) is 17.2 Å². The number of rotatable bonds is 6. The number of hydrogen-bond acceptors (Lipinski definition) is 6. The number of hydrazone groups is 1. The Hall–Kier alpha value is -2.76. The van der Waals surface area contributed by atoms with Crippen molar-refractivity contribution in [2.24, 2.45) is 5.10 Å². The maximum atomic E-state index is 5.34. The van der Waals surface area contributed by atoms with Gasteiger partial charge in [-0.05, 0) is 12.1 Å². The van der Waals surface area contributed by atoms with E-state index in [9.17, 15) is 0 Å². The normalized spacial score (nSPS) is 10.4. The molecule has 0 aliphatic carbocycles. The third-order valence-electron chi connectivity index (χ3n) is 2.79. The van der Waals surface area contributed by atoms with Crippen molar-refractivity contribution in [2.45, 2.75) is 0 Å². The highest BCUT2D eigenvalue weighted by Gasteiger charge is 2.11. The van der Waals surface area contributed by atoms with Crippen LogP contribution in [0.4, 0.5) is 5.82 Å². The number of aromatic nitrogens is 1. The molecule has 6 heteroatoms. The molecule has 0 atom stereocenters. The maximum absolute atomic E-state index is 5.34. The van der Waals surface area contributed by atoms with Gasteiger partial charge in [-0.1, -0.05) is 6.07 Å². The predicted octanol–water partition coefficient (Wildman–Crippen LogP) is 2.55. The van der Waals surface area contributed by atoms with Gasteiger partial charge in [-0.15, -0.1) is 0 Å². The van der Waals surface area contributed by atoms with Gasteiger partial charge in [-0.3, -0.25) is 5.43 Å². The molecule has 1 aromatic carbocycles. The Bertz CT molecular complexity index is 590. The molecule has 0 spiro atoms. The Labute approximate surface area is 123 Å². The fraction of sp³-hybridized carbons (Fsp3) is 0.200. The molecule has 2 rings (SSSR count). The van der Waals surface area contributed by atoms with Crippen LogP contribution in [-0.2, 0) is 0 Å². The van der Waals surface area contributed by atoms with Crippen LogP contribution in [0.5, 0.6) is 17.2 Å². The monoisotopic (exact) mass is 287 g/mol. The highest BCUT2D eigenvalue weighted by atomic mass is 16.5. The average molecular weight is 287 g/mol. The van der Waals surface area contributed by atoms with Gasteiger partial charge in [-0.25, -0.2) is 4.98 Å². The summed E-state index contributed by atoms with van der Waals surface area (Å²) < 4.78 is 15.9. The van der Waals surface area contributed by atoms with E-state index in [0.717, 1.165) is 0 Å². The first-order chi connectivity index (χ1) is 10.3. The second-order valence-electron chi connectivity index (χ2n) is 4.03. The van der Waals surface area contributed by atoms with Gasteiger partial charge in [0.15, 0.2) is 0 Å². The van der Waals surface area contributed by atoms with Crippen LogP contribution in [0.3, 0.4) is 0 Å². The quantitative estimate of drug-likeness (QED) is 0.653. The molecule has 0 saturated heterocycles. The Kier molecular flexibility index (Phi) is 4.98. The Morgan fingerprint density at radius 2 is 1.76 bits per heavy atom. The number of hydrogen-bond donors (Lipinski definition) is 1. The molecule has 0 aliphatic heterocycles. The van der Waals surface area contributed by atoms with Gasteiger partial charge in [0, 0.05) is 18.3 Å². The number of ether oxygens (including phenoxy) is 3. The summed E-state index contributed by atoms with van der Waals surface area (Å²) in [5.74, 6) is 2.52. The van der Waals surface area contributed by atoms with Crippen molar-refractivity contribution >= 4 is 12.0 Å². The third kappa shape index (κ3) is 3.62. The highest BCUT2D eigenvalue weighted by molar-refractivity contribution is 5.88. The second-order valence-corrected chi connectivity index (χ2v) is 4.03. The van der Waals surface area contributed by atoms with Crippen LogP contribution < -0.4 is 19.6 Å². The molecule has 6 nitrogen and oxygen atoms in total. The summed E-state index contributed by atoms with van der Waals surface area (Å²) in [6.07, 6.45) is 3.30. The zero-order chi connectivity index (χ0) is 15.1. The van der Waals surface area contributed by atoms with Crippen molar-refractivity contribution in [3.05, 3.63) is 42.1 Å². The van der Waals surface area contributed by atoms with Gasteiger partial charge >= 0.3 is 0 Å². The van der Waals surface area contributed by atoms with Gasteiger partial charge in [0.05, 0.1) is 33.1 Å². The molecular formula is C15H17N3O3. The zero-order valence-corrected chi connectivity index (χ0v) is 12.2. The Morgan fingerprint density at radius 1 is 1.05 bits per heavy atom. The molecule has 1 aromatic heterocycles. The van der Waals surface area contributed by atoms with E-state index in [0.29, 0.717) is 28.6 Å². The lowest BCUT2D eigenvalue weighted by Gasteiger charge is -2.12. The van der Waals surface area contributed by atoms with E-state index in [4.69, 9.17) is 14.2 Å². The van der Waals surface area contributed by atoms with Crippen LogP contribution >= 0.6 is 0 Å². The summed E-state index contributed by atoms with van der Waals surface area (Å²) in [4.78, 5) is 4.12. The van der Waals surface area contributed by atoms with Crippen molar-refractivity contribution in [3.63, 3.8) is 0 Å². The summed E-state index contributed by atoms with van der Waals surface area (Å²) >= 11 is 0. The van der Waals surface area contributed by atoms with Gasteiger partial charge in [-0.2, -0.15) is 5.10 Å². The van der Waals surface area contributed by atoms with Gasteiger partial charge in [0.25, 0.3) is 0 Å². The van der Waals surface area contributed by atoms with Crippen LogP contribution in [0.25, 0.3) is 0 Å². The summed E-state index contributed by atoms with van der Waals surface area (Å²) in [6.45, 7) is 0. The number of benzene rings is 1. The molecule has 0 unspecified atom stereocenters. The standard InChI is InChI=1S/C15H17N3O3/c1-19-11-8-13(20-2)12(14(9-11)21-3)10-17-18-15-6-4-5-7-16-15/h4-10H,1-3H3,(H,16,18)/b17-10+. The van der Waals surface area contributed by atoms with E-state index < -0.39 is 0 Å². The van der Waals surface area contributed by atoms with Gasteiger partial charge in [0.1, 0.15) is 23.1 Å². The number of nitrogens with one attached hydrogen (secondary N) is 1. The van der Waals surface area contributed by atoms with Crippen molar-refractivity contribution < 1.29 is 14.2 Å². The summed E-state index contributed by atoms with van der Waals surface area (Å²) in [5.41, 5.74) is 3.55. The lowest BCUT2D eigenvalue weighted by Crippen LogP contribution is -1.99. The van der Waals surface area contributed by atoms with Crippen LogP contribution in [0.1, 0.15) is 5.56 Å². The summed E-state index contributed by atoms with van der Waals surface area (Å²) in [5, 5.41) is 4.15. The molecular weight excluding hydrogens is 270 g/mol. The molecule has 0 bridgehead atoms. The van der Waals surface area contributed by atoms with E-state index in [2.05, 4.69) is 15.5 Å². The number of pyridine rings is 1. The molecule has 0 amide bonds. The SMILES string of the molecule is COc1cc(OC)c(/C=N/Nc2ccccn2)c(OC)c1. The van der Waals surface area contributed by atoms with Crippen molar-refractivity contribution in [1.82, 2.24) is 4.98 Å². The van der Waals surface area contributed by atoms with E-state index >= 15 is 0 Å². The number of methoxy groups -OCH3 is 3. The highest BCUT2D eigenvalue weighted by Crippen LogP contribution is 2.32. The summed E-state index contributed by atoms with van der Waals surface area (Å²) in [7, 11) is 4.75. The smallest absolute Gasteiger partial charge is 0.146 e. The molecule has 110 valence electrons. The Morgan fingerprint density at radius 3 is 2.29 bits per heavy atom. The molecule has 0 radical (unpaired) electrons. The van der Waals surface area contributed by atoms with Crippen molar-refractivity contribution in [2.75, 3.05) is 26.8 Å². The van der Waals surface area contributed by atoms with Crippen LogP contribution in [0, 0.1) is 0 Å². The van der Waals surface area contributed by atoms with Gasteiger partial charge < -0.3 is 14.2 Å². The minimum atomic E-state index is 0.609. The summed E-state index contributed by atoms with van der Waals surface area (Å²) in [6, 6.07) is 9.07. The minimum Gasteiger partial charge on any atom is -0.496 e. The first-order valence-electron chi connectivity index (χ1n) is 6.28. The van der Waals surface area contributed by atoms with E-state index in [-0.39, 0.29) is 0 Å². The van der Waals surface area contributed by atoms with Gasteiger partial charge in [0.2, 0.25) is 0 Å². The molecule has 0 fully saturated rings. The topological polar surface area (TPSA) is 65.0 Å². The fourth-order valence-electron chi connectivity index (χ4n) is 1.75. The minimum absolute atomic E-state index is 0.609. The van der Waals surface area contributed by atoms with E-state index in [1.807, 2.05) is 18.2 Å². The van der Waals surface area contributed by atoms with Crippen LogP contribution in [0.2, 0.25) is 0 Å². The molecule has 0 saturated carbocycles. The van der Waals surface area contributed by atoms with E-state index in [1.165, 1.54) is 0 Å². The Balaban J connectivity index is 2.25. The molecule has 0 aliphatic rings. The molecule has 2 aromatic rings. The average Bonchev–Trinajstić information content (AvgIpc) is 2.55.